The summed E-state index contributed by atoms with van der Waals surface area (Å²) in [6.45, 7) is 1.91. The third kappa shape index (κ3) is 3.33. The number of amides is 1. The largest absolute Gasteiger partial charge is 0.507 e. The van der Waals surface area contributed by atoms with Gasteiger partial charge in [-0.25, -0.2) is 0 Å². The number of ether oxygens (including phenoxy) is 1. The van der Waals surface area contributed by atoms with Gasteiger partial charge in [-0.1, -0.05) is 24.3 Å². The van der Waals surface area contributed by atoms with Gasteiger partial charge in [0.1, 0.15) is 11.5 Å². The Morgan fingerprint density at radius 1 is 1.03 bits per heavy atom. The summed E-state index contributed by atoms with van der Waals surface area (Å²) >= 11 is 0. The molecule has 6 nitrogen and oxygen atoms in total. The molecule has 4 rings (SSSR count). The van der Waals surface area contributed by atoms with Gasteiger partial charge in [0.2, 0.25) is 0 Å². The molecule has 1 unspecified atom stereocenters. The van der Waals surface area contributed by atoms with Crippen LogP contribution in [0.4, 0.5) is 5.69 Å². The number of hydrogen-bond acceptors (Lipinski definition) is 5. The first-order valence-electron chi connectivity index (χ1n) is 9.43. The third-order valence-corrected chi connectivity index (χ3v) is 5.09. The molecule has 30 heavy (non-hydrogen) atoms. The normalized spacial score (nSPS) is 17.9. The topological polar surface area (TPSA) is 79.7 Å². The van der Waals surface area contributed by atoms with Gasteiger partial charge in [0, 0.05) is 23.6 Å². The number of carbonyl (C=O) groups is 2. The summed E-state index contributed by atoms with van der Waals surface area (Å²) in [6.07, 6.45) is 3.19. The van der Waals surface area contributed by atoms with E-state index in [0.717, 1.165) is 5.56 Å². The van der Waals surface area contributed by atoms with Crippen LogP contribution in [0.15, 0.2) is 78.6 Å². The second kappa shape index (κ2) is 7.83. The number of Topliss-reactive ketones (excluding diaryl/α,β-unsaturated/α-hetero) is 1. The van der Waals surface area contributed by atoms with Crippen LogP contribution in [0.25, 0.3) is 5.76 Å². The summed E-state index contributed by atoms with van der Waals surface area (Å²) in [7, 11) is 1.52. The van der Waals surface area contributed by atoms with Crippen molar-refractivity contribution in [2.45, 2.75) is 13.0 Å². The first kappa shape index (κ1) is 19.4. The maximum absolute atomic E-state index is 13.1. The average Bonchev–Trinajstić information content (AvgIpc) is 3.04. The van der Waals surface area contributed by atoms with Gasteiger partial charge in [0.25, 0.3) is 11.7 Å². The van der Waals surface area contributed by atoms with E-state index in [-0.39, 0.29) is 11.3 Å². The van der Waals surface area contributed by atoms with Crippen molar-refractivity contribution in [3.05, 3.63) is 95.3 Å². The highest BCUT2D eigenvalue weighted by Crippen LogP contribution is 2.42. The number of anilines is 1. The second-order valence-corrected chi connectivity index (χ2v) is 7.02. The van der Waals surface area contributed by atoms with Crippen LogP contribution in [0.3, 0.4) is 0 Å². The lowest BCUT2D eigenvalue weighted by atomic mass is 9.95. The molecule has 0 spiro atoms. The summed E-state index contributed by atoms with van der Waals surface area (Å²) < 4.78 is 5.23. The molecule has 1 saturated heterocycles. The summed E-state index contributed by atoms with van der Waals surface area (Å²) in [5, 5.41) is 11.1. The minimum atomic E-state index is -0.777. The fourth-order valence-corrected chi connectivity index (χ4v) is 3.66. The molecular formula is C24H20N2O4. The summed E-state index contributed by atoms with van der Waals surface area (Å²) in [4.78, 5) is 31.6. The van der Waals surface area contributed by atoms with Gasteiger partial charge < -0.3 is 9.84 Å². The maximum Gasteiger partial charge on any atom is 0.300 e. The quantitative estimate of drug-likeness (QED) is 0.406. The number of benzene rings is 2. The van der Waals surface area contributed by atoms with Gasteiger partial charge >= 0.3 is 0 Å². The van der Waals surface area contributed by atoms with Crippen molar-refractivity contribution in [2.24, 2.45) is 0 Å². The van der Waals surface area contributed by atoms with Crippen LogP contribution >= 0.6 is 0 Å². The molecule has 1 amide bonds. The average molecular weight is 400 g/mol. The number of aliphatic hydroxyl groups is 1. The number of methoxy groups -OCH3 is 1. The number of nitrogens with zero attached hydrogens (tertiary/aromatic N) is 2. The van der Waals surface area contributed by atoms with E-state index in [2.05, 4.69) is 4.98 Å². The highest BCUT2D eigenvalue weighted by Gasteiger charge is 2.47. The van der Waals surface area contributed by atoms with E-state index in [1.54, 1.807) is 54.9 Å². The van der Waals surface area contributed by atoms with E-state index in [1.165, 1.54) is 12.0 Å². The zero-order chi connectivity index (χ0) is 21.3. The highest BCUT2D eigenvalue weighted by molar-refractivity contribution is 6.51. The molecule has 1 N–H and O–H groups in total. The molecular weight excluding hydrogens is 380 g/mol. The first-order valence-corrected chi connectivity index (χ1v) is 9.43. The van der Waals surface area contributed by atoms with Crippen molar-refractivity contribution >= 4 is 23.1 Å². The molecule has 1 aliphatic rings. The van der Waals surface area contributed by atoms with Gasteiger partial charge in [-0.15, -0.1) is 0 Å². The monoisotopic (exact) mass is 400 g/mol. The Morgan fingerprint density at radius 2 is 1.77 bits per heavy atom. The number of aryl methyl sites for hydroxylation is 1. The smallest absolute Gasteiger partial charge is 0.300 e. The standard InChI is InChI=1S/C24H20N2O4/c1-15-5-3-7-18(13-15)26-21(16-9-11-25-12-10-16)20(23(28)24(26)29)22(27)17-6-4-8-19(14-17)30-2/h3-14,21,27H,1-2H3/b22-20+. The van der Waals surface area contributed by atoms with Gasteiger partial charge in [-0.3, -0.25) is 19.5 Å². The Balaban J connectivity index is 1.94. The Kier molecular flexibility index (Phi) is 5.06. The van der Waals surface area contributed by atoms with Crippen molar-refractivity contribution in [2.75, 3.05) is 12.0 Å². The van der Waals surface area contributed by atoms with Crippen LogP contribution in [-0.2, 0) is 9.59 Å². The van der Waals surface area contributed by atoms with Crippen LogP contribution in [-0.4, -0.2) is 28.9 Å². The number of aromatic nitrogens is 1. The predicted octanol–water partition coefficient (Wildman–Crippen LogP) is 4.02. The minimum Gasteiger partial charge on any atom is -0.507 e. The van der Waals surface area contributed by atoms with Crippen molar-refractivity contribution in [1.82, 2.24) is 4.98 Å². The van der Waals surface area contributed by atoms with Gasteiger partial charge in [-0.05, 0) is 54.4 Å². The molecule has 3 aromatic rings. The zero-order valence-corrected chi connectivity index (χ0v) is 16.6. The molecule has 0 saturated carbocycles. The molecule has 150 valence electrons. The number of ketones is 1. The zero-order valence-electron chi connectivity index (χ0n) is 16.6. The molecule has 0 bridgehead atoms. The molecule has 6 heteroatoms. The van der Waals surface area contributed by atoms with Crippen molar-refractivity contribution in [1.29, 1.82) is 0 Å². The second-order valence-electron chi connectivity index (χ2n) is 7.02. The Bertz CT molecular complexity index is 1150. The molecule has 1 aliphatic heterocycles. The molecule has 0 aliphatic carbocycles. The van der Waals surface area contributed by atoms with Gasteiger partial charge in [-0.2, -0.15) is 0 Å². The van der Waals surface area contributed by atoms with Crippen LogP contribution < -0.4 is 9.64 Å². The Labute approximate surface area is 174 Å². The minimum absolute atomic E-state index is 0.0287. The summed E-state index contributed by atoms with van der Waals surface area (Å²) in [5.74, 6) is -1.14. The molecule has 2 aromatic carbocycles. The maximum atomic E-state index is 13.1. The number of pyridine rings is 1. The van der Waals surface area contributed by atoms with Crippen molar-refractivity contribution in [3.63, 3.8) is 0 Å². The third-order valence-electron chi connectivity index (χ3n) is 5.09. The summed E-state index contributed by atoms with van der Waals surface area (Å²) in [6, 6.07) is 16.8. The first-order chi connectivity index (χ1) is 14.5. The van der Waals surface area contributed by atoms with E-state index in [1.807, 2.05) is 25.1 Å². The van der Waals surface area contributed by atoms with Crippen LogP contribution in [0, 0.1) is 6.92 Å². The molecule has 1 atom stereocenters. The van der Waals surface area contributed by atoms with Crippen LogP contribution in [0.1, 0.15) is 22.7 Å². The molecule has 1 aromatic heterocycles. The van der Waals surface area contributed by atoms with Gasteiger partial charge in [0.05, 0.1) is 18.7 Å². The van der Waals surface area contributed by atoms with E-state index in [0.29, 0.717) is 22.6 Å². The highest BCUT2D eigenvalue weighted by atomic mass is 16.5. The molecule has 2 heterocycles. The van der Waals surface area contributed by atoms with Crippen LogP contribution in [0.2, 0.25) is 0 Å². The molecule has 0 radical (unpaired) electrons. The number of rotatable bonds is 4. The molecule has 1 fully saturated rings. The Hall–Kier alpha value is -3.93. The van der Waals surface area contributed by atoms with Gasteiger partial charge in [0.15, 0.2) is 0 Å². The van der Waals surface area contributed by atoms with E-state index < -0.39 is 17.7 Å². The van der Waals surface area contributed by atoms with Crippen molar-refractivity contribution in [3.8, 4) is 5.75 Å². The van der Waals surface area contributed by atoms with Crippen LogP contribution in [0.5, 0.6) is 5.75 Å². The summed E-state index contributed by atoms with van der Waals surface area (Å²) in [5.41, 5.74) is 2.64. The Morgan fingerprint density at radius 3 is 2.47 bits per heavy atom. The number of aliphatic hydroxyl groups excluding tert-OH is 1. The van der Waals surface area contributed by atoms with E-state index in [4.69, 9.17) is 4.74 Å². The number of carbonyl (C=O) groups excluding carboxylic acids is 2. The lowest BCUT2D eigenvalue weighted by Gasteiger charge is -2.25. The van der Waals surface area contributed by atoms with E-state index in [9.17, 15) is 14.7 Å². The van der Waals surface area contributed by atoms with E-state index >= 15 is 0 Å². The lowest BCUT2D eigenvalue weighted by Crippen LogP contribution is -2.29. The van der Waals surface area contributed by atoms with Crippen molar-refractivity contribution < 1.29 is 19.4 Å². The fourth-order valence-electron chi connectivity index (χ4n) is 3.66. The lowest BCUT2D eigenvalue weighted by molar-refractivity contribution is -0.132. The SMILES string of the molecule is COc1cccc(/C(O)=C2\C(=O)C(=O)N(c3cccc(C)c3)C2c2ccncc2)c1. The fraction of sp³-hybridized carbons (Fsp3) is 0.125. The predicted molar refractivity (Wildman–Crippen MR) is 113 cm³/mol. The number of hydrogen-bond donors (Lipinski definition) is 1.